The second kappa shape index (κ2) is 6.33. The Bertz CT molecular complexity index is 784. The standard InChI is InChI=1S/C21H23N/c1-16-11-12-19(17(2)13-16)14-22(3)15-20-9-6-8-18-7-4-5-10-21(18)20/h4-13H,14-15H2,1-3H3. The number of benzene rings is 3. The van der Waals surface area contributed by atoms with Gasteiger partial charge in [0, 0.05) is 13.1 Å². The first-order chi connectivity index (χ1) is 10.6. The van der Waals surface area contributed by atoms with Crippen molar-refractivity contribution in [3.63, 3.8) is 0 Å². The molecule has 0 radical (unpaired) electrons. The van der Waals surface area contributed by atoms with Crippen LogP contribution in [0.2, 0.25) is 0 Å². The van der Waals surface area contributed by atoms with Gasteiger partial charge in [-0.3, -0.25) is 4.90 Å². The van der Waals surface area contributed by atoms with Crippen LogP contribution in [0.1, 0.15) is 22.3 Å². The van der Waals surface area contributed by atoms with E-state index in [4.69, 9.17) is 0 Å². The fourth-order valence-electron chi connectivity index (χ4n) is 3.09. The molecular formula is C21H23N. The largest absolute Gasteiger partial charge is 0.298 e. The van der Waals surface area contributed by atoms with Crippen molar-refractivity contribution in [3.8, 4) is 0 Å². The van der Waals surface area contributed by atoms with E-state index in [1.807, 2.05) is 0 Å². The van der Waals surface area contributed by atoms with E-state index in [9.17, 15) is 0 Å². The van der Waals surface area contributed by atoms with E-state index in [1.165, 1.54) is 33.0 Å². The Morgan fingerprint density at radius 3 is 2.32 bits per heavy atom. The Morgan fingerprint density at radius 2 is 1.50 bits per heavy atom. The predicted molar refractivity (Wildman–Crippen MR) is 95.0 cm³/mol. The third-order valence-electron chi connectivity index (χ3n) is 4.26. The maximum Gasteiger partial charge on any atom is 0.0240 e. The summed E-state index contributed by atoms with van der Waals surface area (Å²) < 4.78 is 0. The molecule has 0 saturated carbocycles. The van der Waals surface area contributed by atoms with Crippen molar-refractivity contribution in [2.75, 3.05) is 7.05 Å². The maximum absolute atomic E-state index is 2.39. The SMILES string of the molecule is Cc1ccc(CN(C)Cc2cccc3ccccc23)c(C)c1. The highest BCUT2D eigenvalue weighted by Crippen LogP contribution is 2.21. The van der Waals surface area contributed by atoms with Crippen LogP contribution in [0.4, 0.5) is 0 Å². The molecule has 0 aliphatic heterocycles. The van der Waals surface area contributed by atoms with E-state index >= 15 is 0 Å². The van der Waals surface area contributed by atoms with Gasteiger partial charge in [0.25, 0.3) is 0 Å². The Hall–Kier alpha value is -2.12. The highest BCUT2D eigenvalue weighted by atomic mass is 15.1. The molecule has 112 valence electrons. The van der Waals surface area contributed by atoms with Crippen LogP contribution in [0.5, 0.6) is 0 Å². The highest BCUT2D eigenvalue weighted by molar-refractivity contribution is 5.85. The Labute approximate surface area is 133 Å². The fraction of sp³-hybridized carbons (Fsp3) is 0.238. The molecule has 0 aliphatic rings. The molecule has 0 aromatic heterocycles. The van der Waals surface area contributed by atoms with Crippen LogP contribution in [-0.2, 0) is 13.1 Å². The smallest absolute Gasteiger partial charge is 0.0240 e. The summed E-state index contributed by atoms with van der Waals surface area (Å²) in [6.45, 7) is 6.30. The van der Waals surface area contributed by atoms with Gasteiger partial charge < -0.3 is 0 Å². The molecule has 3 aromatic carbocycles. The molecule has 0 unspecified atom stereocenters. The van der Waals surface area contributed by atoms with E-state index in [0.29, 0.717) is 0 Å². The van der Waals surface area contributed by atoms with Crippen LogP contribution in [-0.4, -0.2) is 11.9 Å². The number of aryl methyl sites for hydroxylation is 2. The number of hydrogen-bond acceptors (Lipinski definition) is 1. The first-order valence-electron chi connectivity index (χ1n) is 7.85. The lowest BCUT2D eigenvalue weighted by atomic mass is 10.0. The van der Waals surface area contributed by atoms with Crippen LogP contribution < -0.4 is 0 Å². The van der Waals surface area contributed by atoms with Crippen molar-refractivity contribution in [1.82, 2.24) is 4.90 Å². The summed E-state index contributed by atoms with van der Waals surface area (Å²) in [7, 11) is 2.20. The molecule has 3 rings (SSSR count). The Kier molecular flexibility index (Phi) is 4.26. The van der Waals surface area contributed by atoms with E-state index in [0.717, 1.165) is 13.1 Å². The van der Waals surface area contributed by atoms with Gasteiger partial charge in [0.1, 0.15) is 0 Å². The fourth-order valence-corrected chi connectivity index (χ4v) is 3.09. The third kappa shape index (κ3) is 3.20. The first kappa shape index (κ1) is 14.8. The van der Waals surface area contributed by atoms with Gasteiger partial charge in [0.05, 0.1) is 0 Å². The van der Waals surface area contributed by atoms with Gasteiger partial charge in [-0.2, -0.15) is 0 Å². The van der Waals surface area contributed by atoms with E-state index in [-0.39, 0.29) is 0 Å². The van der Waals surface area contributed by atoms with Gasteiger partial charge in [-0.25, -0.2) is 0 Å². The summed E-state index contributed by atoms with van der Waals surface area (Å²) >= 11 is 0. The number of rotatable bonds is 4. The van der Waals surface area contributed by atoms with Crippen LogP contribution in [0.3, 0.4) is 0 Å². The van der Waals surface area contributed by atoms with Crippen LogP contribution in [0.25, 0.3) is 10.8 Å². The molecule has 0 N–H and O–H groups in total. The zero-order chi connectivity index (χ0) is 15.5. The average molecular weight is 289 g/mol. The van der Waals surface area contributed by atoms with E-state index in [2.05, 4.69) is 86.5 Å². The Morgan fingerprint density at radius 1 is 0.773 bits per heavy atom. The minimum Gasteiger partial charge on any atom is -0.298 e. The van der Waals surface area contributed by atoms with Gasteiger partial charge in [-0.05, 0) is 48.4 Å². The van der Waals surface area contributed by atoms with Crippen molar-refractivity contribution in [1.29, 1.82) is 0 Å². The second-order valence-corrected chi connectivity index (χ2v) is 6.24. The van der Waals surface area contributed by atoms with Crippen molar-refractivity contribution >= 4 is 10.8 Å². The van der Waals surface area contributed by atoms with Crippen LogP contribution >= 0.6 is 0 Å². The van der Waals surface area contributed by atoms with E-state index < -0.39 is 0 Å². The van der Waals surface area contributed by atoms with Crippen molar-refractivity contribution in [3.05, 3.63) is 82.9 Å². The molecule has 0 heterocycles. The number of nitrogens with zero attached hydrogens (tertiary/aromatic N) is 1. The third-order valence-corrected chi connectivity index (χ3v) is 4.26. The predicted octanol–water partition coefficient (Wildman–Crippen LogP) is 5.09. The van der Waals surface area contributed by atoms with Gasteiger partial charge >= 0.3 is 0 Å². The van der Waals surface area contributed by atoms with Crippen LogP contribution in [0.15, 0.2) is 60.7 Å². The Balaban J connectivity index is 1.80. The summed E-state index contributed by atoms with van der Waals surface area (Å²) in [4.78, 5) is 2.39. The summed E-state index contributed by atoms with van der Waals surface area (Å²) in [6, 6.07) is 21.9. The molecule has 0 amide bonds. The summed E-state index contributed by atoms with van der Waals surface area (Å²) in [5, 5.41) is 2.68. The molecule has 0 spiro atoms. The first-order valence-corrected chi connectivity index (χ1v) is 7.85. The molecule has 0 aliphatic carbocycles. The second-order valence-electron chi connectivity index (χ2n) is 6.24. The minimum atomic E-state index is 0.967. The molecule has 1 heteroatoms. The lowest BCUT2D eigenvalue weighted by Gasteiger charge is -2.19. The van der Waals surface area contributed by atoms with Gasteiger partial charge in [0.2, 0.25) is 0 Å². The summed E-state index contributed by atoms with van der Waals surface area (Å²) in [5.41, 5.74) is 5.52. The lowest BCUT2D eigenvalue weighted by molar-refractivity contribution is 0.319. The van der Waals surface area contributed by atoms with Crippen molar-refractivity contribution < 1.29 is 0 Å². The monoisotopic (exact) mass is 289 g/mol. The lowest BCUT2D eigenvalue weighted by Crippen LogP contribution is -2.18. The molecule has 3 aromatic rings. The van der Waals surface area contributed by atoms with E-state index in [1.54, 1.807) is 0 Å². The molecule has 0 fully saturated rings. The molecule has 0 atom stereocenters. The molecule has 1 nitrogen and oxygen atoms in total. The summed E-state index contributed by atoms with van der Waals surface area (Å²) in [5.74, 6) is 0. The van der Waals surface area contributed by atoms with Gasteiger partial charge in [0.15, 0.2) is 0 Å². The molecule has 0 bridgehead atoms. The summed E-state index contributed by atoms with van der Waals surface area (Å²) in [6.07, 6.45) is 0. The number of hydrogen-bond donors (Lipinski definition) is 0. The van der Waals surface area contributed by atoms with Crippen molar-refractivity contribution in [2.45, 2.75) is 26.9 Å². The quantitative estimate of drug-likeness (QED) is 0.646. The molecule has 0 saturated heterocycles. The normalized spacial score (nSPS) is 11.3. The van der Waals surface area contributed by atoms with Crippen molar-refractivity contribution in [2.24, 2.45) is 0 Å². The topological polar surface area (TPSA) is 3.24 Å². The zero-order valence-electron chi connectivity index (χ0n) is 13.6. The minimum absolute atomic E-state index is 0.967. The highest BCUT2D eigenvalue weighted by Gasteiger charge is 2.07. The van der Waals surface area contributed by atoms with Gasteiger partial charge in [-0.15, -0.1) is 0 Å². The average Bonchev–Trinajstić information content (AvgIpc) is 2.50. The number of fused-ring (bicyclic) bond motifs is 1. The molecule has 22 heavy (non-hydrogen) atoms. The maximum atomic E-state index is 2.39. The molecular weight excluding hydrogens is 266 g/mol. The zero-order valence-corrected chi connectivity index (χ0v) is 13.6. The van der Waals surface area contributed by atoms with Crippen LogP contribution in [0, 0.1) is 13.8 Å². The van der Waals surface area contributed by atoms with Gasteiger partial charge in [-0.1, -0.05) is 66.2 Å².